The largest absolute Gasteiger partial charge is 0.485 e. The van der Waals surface area contributed by atoms with Gasteiger partial charge in [-0.3, -0.25) is 10.2 Å². The number of oxime groups is 1. The second-order valence-corrected chi connectivity index (χ2v) is 10.2. The highest BCUT2D eigenvalue weighted by Gasteiger charge is 2.27. The topological polar surface area (TPSA) is 90.6 Å². The first-order chi connectivity index (χ1) is 16.8. The van der Waals surface area contributed by atoms with E-state index < -0.39 is 0 Å². The number of rotatable bonds is 9. The van der Waals surface area contributed by atoms with Gasteiger partial charge in [0.15, 0.2) is 11.9 Å². The minimum absolute atomic E-state index is 0.104. The van der Waals surface area contributed by atoms with Gasteiger partial charge in [-0.2, -0.15) is 0 Å². The number of benzene rings is 2. The van der Waals surface area contributed by atoms with Crippen molar-refractivity contribution in [1.29, 1.82) is 0 Å². The second-order valence-electron chi connectivity index (χ2n) is 8.39. The van der Waals surface area contributed by atoms with Crippen LogP contribution in [0.15, 0.2) is 52.8 Å². The third-order valence-corrected chi connectivity index (χ3v) is 6.97. The van der Waals surface area contributed by atoms with Crippen molar-refractivity contribution in [2.45, 2.75) is 45.1 Å². The number of ether oxygens (including phenoxy) is 1. The number of hydrogen-bond acceptors (Lipinski definition) is 7. The van der Waals surface area contributed by atoms with Crippen molar-refractivity contribution in [2.75, 3.05) is 11.2 Å². The van der Waals surface area contributed by atoms with Crippen LogP contribution in [-0.2, 0) is 16.2 Å². The number of amides is 1. The number of carbonyl (C=O) groups is 1. The standard InChI is InChI=1S/C24H25Cl2N5O3S/c1-14(2)13-35-24-28-27-23(31(24)29-15(3)32)12-33-21-7-5-4-6-18(21)20-11-22(34-30-20)17-9-8-16(25)10-19(17)26/h4-10,14,22H,11-13H2,1-3H3,(H,29,32). The number of nitrogens with zero attached hydrogens (tertiary/aromatic N) is 4. The highest BCUT2D eigenvalue weighted by Crippen LogP contribution is 2.36. The number of para-hydroxylation sites is 1. The lowest BCUT2D eigenvalue weighted by Gasteiger charge is -2.13. The molecule has 1 aliphatic rings. The Balaban J connectivity index is 1.49. The molecule has 0 saturated carbocycles. The molecule has 1 aromatic heterocycles. The molecule has 184 valence electrons. The molecule has 1 aliphatic heterocycles. The molecule has 1 N–H and O–H groups in total. The predicted molar refractivity (Wildman–Crippen MR) is 138 cm³/mol. The highest BCUT2D eigenvalue weighted by atomic mass is 35.5. The zero-order valence-corrected chi connectivity index (χ0v) is 21.8. The molecule has 2 heterocycles. The van der Waals surface area contributed by atoms with Crippen molar-refractivity contribution < 1.29 is 14.4 Å². The summed E-state index contributed by atoms with van der Waals surface area (Å²) in [6.45, 7) is 5.79. The number of carbonyl (C=O) groups excluding carboxylic acids is 1. The summed E-state index contributed by atoms with van der Waals surface area (Å²) < 4.78 is 7.69. The molecule has 0 fully saturated rings. The summed E-state index contributed by atoms with van der Waals surface area (Å²) in [6.07, 6.45) is 0.214. The van der Waals surface area contributed by atoms with E-state index in [-0.39, 0.29) is 18.6 Å². The zero-order valence-electron chi connectivity index (χ0n) is 19.5. The number of thioether (sulfide) groups is 1. The maximum absolute atomic E-state index is 11.8. The maximum Gasteiger partial charge on any atom is 0.235 e. The molecule has 1 unspecified atom stereocenters. The molecule has 4 rings (SSSR count). The number of nitrogens with one attached hydrogen (secondary N) is 1. The summed E-state index contributed by atoms with van der Waals surface area (Å²) in [5.41, 5.74) is 5.14. The summed E-state index contributed by atoms with van der Waals surface area (Å²) in [6, 6.07) is 12.9. The van der Waals surface area contributed by atoms with Gasteiger partial charge in [-0.1, -0.05) is 72.2 Å². The minimum atomic E-state index is -0.314. The van der Waals surface area contributed by atoms with Crippen LogP contribution in [0.2, 0.25) is 10.0 Å². The first kappa shape index (κ1) is 25.3. The fraction of sp³-hybridized carbons (Fsp3) is 0.333. The average Bonchev–Trinajstić information content (AvgIpc) is 3.43. The molecule has 0 radical (unpaired) electrons. The Kier molecular flexibility index (Phi) is 8.20. The zero-order chi connectivity index (χ0) is 24.9. The van der Waals surface area contributed by atoms with Crippen LogP contribution in [0.5, 0.6) is 5.75 Å². The molecule has 1 atom stereocenters. The van der Waals surface area contributed by atoms with E-state index >= 15 is 0 Å². The Hall–Kier alpha value is -2.75. The van der Waals surface area contributed by atoms with E-state index in [1.165, 1.54) is 18.7 Å². The summed E-state index contributed by atoms with van der Waals surface area (Å²) in [7, 11) is 0. The molecule has 2 aromatic carbocycles. The Morgan fingerprint density at radius 1 is 1.26 bits per heavy atom. The van der Waals surface area contributed by atoms with Gasteiger partial charge in [0.1, 0.15) is 12.4 Å². The van der Waals surface area contributed by atoms with E-state index in [4.69, 9.17) is 32.8 Å². The summed E-state index contributed by atoms with van der Waals surface area (Å²) in [5.74, 6) is 2.19. The Bertz CT molecular complexity index is 1250. The van der Waals surface area contributed by atoms with Crippen LogP contribution in [-0.4, -0.2) is 32.2 Å². The van der Waals surface area contributed by atoms with E-state index in [1.54, 1.807) is 16.8 Å². The highest BCUT2D eigenvalue weighted by molar-refractivity contribution is 7.99. The summed E-state index contributed by atoms with van der Waals surface area (Å²) in [5, 5.41) is 14.5. The number of hydrogen-bond donors (Lipinski definition) is 1. The molecular formula is C24H25Cl2N5O3S. The van der Waals surface area contributed by atoms with E-state index in [9.17, 15) is 4.79 Å². The van der Waals surface area contributed by atoms with E-state index in [1.807, 2.05) is 30.3 Å². The lowest BCUT2D eigenvalue weighted by molar-refractivity contribution is -0.115. The third kappa shape index (κ3) is 6.28. The maximum atomic E-state index is 11.8. The smallest absolute Gasteiger partial charge is 0.235 e. The molecule has 3 aromatic rings. The van der Waals surface area contributed by atoms with Gasteiger partial charge in [0.25, 0.3) is 0 Å². The first-order valence-electron chi connectivity index (χ1n) is 11.1. The molecule has 8 nitrogen and oxygen atoms in total. The van der Waals surface area contributed by atoms with Gasteiger partial charge >= 0.3 is 0 Å². The van der Waals surface area contributed by atoms with Gasteiger partial charge in [0, 0.05) is 40.3 Å². The van der Waals surface area contributed by atoms with Crippen LogP contribution >= 0.6 is 35.0 Å². The number of aromatic nitrogens is 3. The van der Waals surface area contributed by atoms with Gasteiger partial charge < -0.3 is 9.57 Å². The molecule has 0 spiro atoms. The first-order valence-corrected chi connectivity index (χ1v) is 12.8. The van der Waals surface area contributed by atoms with Gasteiger partial charge in [0.2, 0.25) is 11.1 Å². The van der Waals surface area contributed by atoms with Gasteiger partial charge in [-0.05, 0) is 30.2 Å². The molecule has 0 saturated heterocycles. The Morgan fingerprint density at radius 3 is 2.80 bits per heavy atom. The van der Waals surface area contributed by atoms with Crippen molar-refractivity contribution in [3.05, 3.63) is 69.5 Å². The van der Waals surface area contributed by atoms with Crippen molar-refractivity contribution >= 4 is 46.6 Å². The van der Waals surface area contributed by atoms with Gasteiger partial charge in [0.05, 0.1) is 5.71 Å². The average molecular weight is 534 g/mol. The minimum Gasteiger partial charge on any atom is -0.485 e. The van der Waals surface area contributed by atoms with Crippen LogP contribution < -0.4 is 10.2 Å². The normalized spacial score (nSPS) is 15.1. The van der Waals surface area contributed by atoms with Crippen molar-refractivity contribution in [3.63, 3.8) is 0 Å². The van der Waals surface area contributed by atoms with Gasteiger partial charge in [-0.25, -0.2) is 4.68 Å². The van der Waals surface area contributed by atoms with E-state index in [2.05, 4.69) is 34.6 Å². The Labute approximate surface area is 218 Å². The molecule has 0 aliphatic carbocycles. The van der Waals surface area contributed by atoms with E-state index in [0.29, 0.717) is 39.1 Å². The molecule has 0 bridgehead atoms. The lowest BCUT2D eigenvalue weighted by Crippen LogP contribution is -2.24. The fourth-order valence-electron chi connectivity index (χ4n) is 3.44. The van der Waals surface area contributed by atoms with Gasteiger partial charge in [-0.15, -0.1) is 10.2 Å². The second kappa shape index (κ2) is 11.3. The predicted octanol–water partition coefficient (Wildman–Crippen LogP) is 5.87. The van der Waals surface area contributed by atoms with Crippen LogP contribution in [0, 0.1) is 5.92 Å². The summed E-state index contributed by atoms with van der Waals surface area (Å²) in [4.78, 5) is 17.4. The SMILES string of the molecule is CC(=O)Nn1c(COc2ccccc2C2=NOC(c3ccc(Cl)cc3Cl)C2)nnc1SCC(C)C. The molecular weight excluding hydrogens is 509 g/mol. The van der Waals surface area contributed by atoms with Crippen molar-refractivity contribution in [3.8, 4) is 5.75 Å². The lowest BCUT2D eigenvalue weighted by atomic mass is 9.99. The van der Waals surface area contributed by atoms with Crippen LogP contribution in [0.4, 0.5) is 0 Å². The van der Waals surface area contributed by atoms with Crippen LogP contribution in [0.25, 0.3) is 0 Å². The van der Waals surface area contributed by atoms with Crippen molar-refractivity contribution in [1.82, 2.24) is 14.9 Å². The monoisotopic (exact) mass is 533 g/mol. The third-order valence-electron chi connectivity index (χ3n) is 5.05. The quantitative estimate of drug-likeness (QED) is 0.346. The van der Waals surface area contributed by atoms with Crippen LogP contribution in [0.3, 0.4) is 0 Å². The fourth-order valence-corrected chi connectivity index (χ4v) is 4.83. The van der Waals surface area contributed by atoms with E-state index in [0.717, 1.165) is 22.6 Å². The molecule has 1 amide bonds. The molecule has 35 heavy (non-hydrogen) atoms. The van der Waals surface area contributed by atoms with Crippen molar-refractivity contribution in [2.24, 2.45) is 11.1 Å². The Morgan fingerprint density at radius 2 is 2.06 bits per heavy atom. The molecule has 11 heteroatoms. The number of halogens is 2. The van der Waals surface area contributed by atoms with Crippen LogP contribution in [0.1, 0.15) is 50.2 Å². The summed E-state index contributed by atoms with van der Waals surface area (Å²) >= 11 is 13.9.